The second-order valence-electron chi connectivity index (χ2n) is 4.92. The highest BCUT2D eigenvalue weighted by molar-refractivity contribution is 8.82. The second kappa shape index (κ2) is 8.36. The van der Waals surface area contributed by atoms with Crippen LogP contribution in [0, 0.1) is 0 Å². The predicted octanol–water partition coefficient (Wildman–Crippen LogP) is 1.70. The lowest BCUT2D eigenvalue weighted by molar-refractivity contribution is -0.0278. The lowest BCUT2D eigenvalue weighted by Crippen LogP contribution is -2.49. The first kappa shape index (κ1) is 17.1. The van der Waals surface area contributed by atoms with Crippen LogP contribution in [0.3, 0.4) is 0 Å². The van der Waals surface area contributed by atoms with E-state index in [0.717, 1.165) is 31.3 Å². The van der Waals surface area contributed by atoms with E-state index in [1.54, 1.807) is 10.8 Å². The van der Waals surface area contributed by atoms with Gasteiger partial charge in [-0.15, -0.1) is 0 Å². The van der Waals surface area contributed by atoms with Crippen molar-refractivity contribution in [1.29, 1.82) is 0 Å². The van der Waals surface area contributed by atoms with Crippen LogP contribution in [-0.4, -0.2) is 84.9 Å². The van der Waals surface area contributed by atoms with E-state index in [1.807, 2.05) is 10.8 Å². The summed E-state index contributed by atoms with van der Waals surface area (Å²) in [5.41, 5.74) is 0.197. The van der Waals surface area contributed by atoms with Gasteiger partial charge in [-0.1, -0.05) is 13.8 Å². The molecule has 0 radical (unpaired) electrons. The maximum Gasteiger partial charge on any atom is 0.175 e. The summed E-state index contributed by atoms with van der Waals surface area (Å²) in [5.74, 6) is 0. The maximum absolute atomic E-state index is 4.82. The van der Waals surface area contributed by atoms with Crippen LogP contribution in [0.2, 0.25) is 0 Å². The summed E-state index contributed by atoms with van der Waals surface area (Å²) in [6.45, 7) is 8.52. The Bertz CT molecular complexity index is 292. The van der Waals surface area contributed by atoms with Gasteiger partial charge < -0.3 is 9.80 Å². The van der Waals surface area contributed by atoms with Crippen molar-refractivity contribution in [2.45, 2.75) is 19.3 Å². The molecule has 1 aliphatic heterocycles. The van der Waals surface area contributed by atoms with Crippen LogP contribution >= 0.6 is 21.6 Å². The van der Waals surface area contributed by atoms with E-state index in [0.29, 0.717) is 0 Å². The minimum absolute atomic E-state index is 0.197. The van der Waals surface area contributed by atoms with Crippen molar-refractivity contribution in [2.24, 2.45) is 4.99 Å². The van der Waals surface area contributed by atoms with Crippen LogP contribution in [0.15, 0.2) is 4.99 Å². The van der Waals surface area contributed by atoms with Gasteiger partial charge in [-0.3, -0.25) is 0 Å². The Labute approximate surface area is 125 Å². The molecule has 112 valence electrons. The fourth-order valence-corrected chi connectivity index (χ4v) is 4.34. The highest BCUT2D eigenvalue weighted by Crippen LogP contribution is 2.38. The molecule has 1 rings (SSSR count). The van der Waals surface area contributed by atoms with Crippen LogP contribution in [0.5, 0.6) is 0 Å². The standard InChI is InChI=1S/C12H27N5S2/c1-7-16(8-2)17(10-9-14(3)4)12-13-11(15(5)6)18-19-12/h12H,7-10H2,1-6H3. The molecule has 1 atom stereocenters. The van der Waals surface area contributed by atoms with Crippen LogP contribution < -0.4 is 0 Å². The zero-order valence-electron chi connectivity index (χ0n) is 13.0. The molecule has 0 spiro atoms. The van der Waals surface area contributed by atoms with Crippen molar-refractivity contribution < 1.29 is 0 Å². The van der Waals surface area contributed by atoms with Gasteiger partial charge in [0.25, 0.3) is 0 Å². The molecule has 1 aliphatic rings. The molecule has 0 saturated carbocycles. The maximum atomic E-state index is 4.82. The van der Waals surface area contributed by atoms with E-state index in [9.17, 15) is 0 Å². The molecule has 5 nitrogen and oxygen atoms in total. The van der Waals surface area contributed by atoms with E-state index < -0.39 is 0 Å². The monoisotopic (exact) mass is 305 g/mol. The highest BCUT2D eigenvalue weighted by atomic mass is 33.1. The fraction of sp³-hybridized carbons (Fsp3) is 0.917. The van der Waals surface area contributed by atoms with Gasteiger partial charge in [0.1, 0.15) is 0 Å². The van der Waals surface area contributed by atoms with Gasteiger partial charge in [0.05, 0.1) is 0 Å². The molecule has 0 N–H and O–H groups in total. The largest absolute Gasteiger partial charge is 0.357 e. The van der Waals surface area contributed by atoms with Crippen molar-refractivity contribution in [2.75, 3.05) is 54.4 Å². The van der Waals surface area contributed by atoms with Gasteiger partial charge in [-0.25, -0.2) is 15.0 Å². The predicted molar refractivity (Wildman–Crippen MR) is 88.3 cm³/mol. The number of nitrogens with zero attached hydrogens (tertiary/aromatic N) is 5. The summed E-state index contributed by atoms with van der Waals surface area (Å²) >= 11 is 0. The third-order valence-corrected chi connectivity index (χ3v) is 5.43. The Kier molecular flexibility index (Phi) is 7.53. The summed E-state index contributed by atoms with van der Waals surface area (Å²) in [4.78, 5) is 9.13. The SMILES string of the molecule is CCN(CC)N(CCN(C)C)C1N=C(N(C)C)SS1. The van der Waals surface area contributed by atoms with Crippen molar-refractivity contribution >= 4 is 26.8 Å². The lowest BCUT2D eigenvalue weighted by atomic mass is 10.5. The molecule has 0 aliphatic carbocycles. The average molecular weight is 306 g/mol. The smallest absolute Gasteiger partial charge is 0.175 e. The average Bonchev–Trinajstić information content (AvgIpc) is 2.83. The van der Waals surface area contributed by atoms with Crippen LogP contribution in [-0.2, 0) is 0 Å². The number of likely N-dealkylation sites (N-methyl/N-ethyl adjacent to an activating group) is 1. The summed E-state index contributed by atoms with van der Waals surface area (Å²) in [7, 11) is 11.9. The zero-order chi connectivity index (χ0) is 14.4. The molecule has 7 heteroatoms. The molecule has 1 heterocycles. The van der Waals surface area contributed by atoms with Gasteiger partial charge in [0.15, 0.2) is 10.7 Å². The van der Waals surface area contributed by atoms with Gasteiger partial charge in [-0.2, -0.15) is 0 Å². The van der Waals surface area contributed by atoms with E-state index in [-0.39, 0.29) is 5.50 Å². The molecule has 19 heavy (non-hydrogen) atoms. The Morgan fingerprint density at radius 2 is 1.68 bits per heavy atom. The Morgan fingerprint density at radius 3 is 2.11 bits per heavy atom. The first-order valence-corrected chi connectivity index (χ1v) is 8.95. The van der Waals surface area contributed by atoms with Gasteiger partial charge in [-0.05, 0) is 35.7 Å². The number of rotatable bonds is 7. The van der Waals surface area contributed by atoms with Crippen LogP contribution in [0.25, 0.3) is 0 Å². The quantitative estimate of drug-likeness (QED) is 0.524. The molecule has 0 amide bonds. The second-order valence-corrected chi connectivity index (χ2v) is 7.14. The first-order valence-electron chi connectivity index (χ1n) is 6.74. The lowest BCUT2D eigenvalue weighted by Gasteiger charge is -2.36. The Morgan fingerprint density at radius 1 is 1.05 bits per heavy atom. The number of hydrogen-bond donors (Lipinski definition) is 0. The van der Waals surface area contributed by atoms with E-state index >= 15 is 0 Å². The topological polar surface area (TPSA) is 25.3 Å². The minimum atomic E-state index is 0.197. The normalized spacial score (nSPS) is 19.6. The molecular weight excluding hydrogens is 278 g/mol. The molecule has 0 bridgehead atoms. The molecule has 0 aromatic heterocycles. The van der Waals surface area contributed by atoms with Crippen molar-refractivity contribution in [3.63, 3.8) is 0 Å². The molecule has 0 fully saturated rings. The third kappa shape index (κ3) is 5.15. The minimum Gasteiger partial charge on any atom is -0.357 e. The highest BCUT2D eigenvalue weighted by Gasteiger charge is 2.29. The van der Waals surface area contributed by atoms with Crippen molar-refractivity contribution in [3.8, 4) is 0 Å². The number of hydrogen-bond acceptors (Lipinski definition) is 7. The molecule has 0 saturated heterocycles. The van der Waals surface area contributed by atoms with Crippen LogP contribution in [0.1, 0.15) is 13.8 Å². The first-order chi connectivity index (χ1) is 8.99. The Hall–Kier alpha value is 0.0500. The van der Waals surface area contributed by atoms with Crippen LogP contribution in [0.4, 0.5) is 0 Å². The molecule has 1 unspecified atom stereocenters. The van der Waals surface area contributed by atoms with E-state index in [2.05, 4.69) is 61.9 Å². The molecule has 0 aromatic carbocycles. The summed E-state index contributed by atoms with van der Waals surface area (Å²) in [6, 6.07) is 0. The van der Waals surface area contributed by atoms with Crippen molar-refractivity contribution in [1.82, 2.24) is 19.8 Å². The molecule has 0 aromatic rings. The van der Waals surface area contributed by atoms with Gasteiger partial charge in [0, 0.05) is 40.3 Å². The summed E-state index contributed by atoms with van der Waals surface area (Å²) < 4.78 is 0. The molecular formula is C12H27N5S2. The zero-order valence-corrected chi connectivity index (χ0v) is 14.6. The summed E-state index contributed by atoms with van der Waals surface area (Å²) in [6.07, 6.45) is 0. The van der Waals surface area contributed by atoms with Gasteiger partial charge in [0.2, 0.25) is 0 Å². The number of aliphatic imine (C=N–C) groups is 1. The third-order valence-electron chi connectivity index (χ3n) is 2.94. The number of amidine groups is 1. The van der Waals surface area contributed by atoms with Crippen molar-refractivity contribution in [3.05, 3.63) is 0 Å². The van der Waals surface area contributed by atoms with E-state index in [1.165, 1.54) is 0 Å². The summed E-state index contributed by atoms with van der Waals surface area (Å²) in [5, 5.41) is 5.88. The fourth-order valence-electron chi connectivity index (χ4n) is 1.81. The van der Waals surface area contributed by atoms with Gasteiger partial charge >= 0.3 is 0 Å². The van der Waals surface area contributed by atoms with E-state index in [4.69, 9.17) is 4.99 Å². The Balaban J connectivity index is 2.73. The number of hydrazine groups is 1.